The highest BCUT2D eigenvalue weighted by atomic mass is 32.2. The molecule has 3 aromatic rings. The van der Waals surface area contributed by atoms with Gasteiger partial charge in [0, 0.05) is 30.8 Å². The van der Waals surface area contributed by atoms with E-state index in [0.29, 0.717) is 11.3 Å². The van der Waals surface area contributed by atoms with Crippen LogP contribution >= 0.6 is 0 Å². The molecule has 0 fully saturated rings. The van der Waals surface area contributed by atoms with E-state index in [1.165, 1.54) is 44.9 Å². The number of aromatic nitrogens is 2. The lowest BCUT2D eigenvalue weighted by Gasteiger charge is -2.33. The normalized spacial score (nSPS) is 18.9. The number of aliphatic hydroxyl groups is 1. The molecule has 0 aliphatic carbocycles. The summed E-state index contributed by atoms with van der Waals surface area (Å²) in [5.74, 6) is -0.0806. The summed E-state index contributed by atoms with van der Waals surface area (Å²) in [6.07, 6.45) is -0.879. The number of carbonyl (C=O) groups is 1. The minimum Gasteiger partial charge on any atom is -0.488 e. The summed E-state index contributed by atoms with van der Waals surface area (Å²) in [4.78, 5) is 14.9. The average Bonchev–Trinajstić information content (AvgIpc) is 3.47. The van der Waals surface area contributed by atoms with Crippen molar-refractivity contribution in [2.24, 2.45) is 5.92 Å². The number of nitrogens with one attached hydrogen (secondary N) is 1. The Bertz CT molecular complexity index is 1680. The van der Waals surface area contributed by atoms with Gasteiger partial charge in [-0.3, -0.25) is 9.52 Å². The predicted octanol–water partition coefficient (Wildman–Crippen LogP) is 2.17. The zero-order valence-electron chi connectivity index (χ0n) is 25.1. The van der Waals surface area contributed by atoms with E-state index in [1.54, 1.807) is 19.9 Å². The van der Waals surface area contributed by atoms with Gasteiger partial charge in [-0.25, -0.2) is 16.8 Å². The van der Waals surface area contributed by atoms with Crippen molar-refractivity contribution in [3.8, 4) is 5.75 Å². The zero-order valence-corrected chi connectivity index (χ0v) is 26.7. The van der Waals surface area contributed by atoms with Gasteiger partial charge in [0.25, 0.3) is 10.0 Å². The molecule has 0 saturated carbocycles. The lowest BCUT2D eigenvalue weighted by atomic mass is 10.0. The fraction of sp³-hybridized carbons (Fsp3) is 0.519. The minimum absolute atomic E-state index is 0.0213. The number of nitrogens with zero attached hydrogens (tertiary/aromatic N) is 4. The van der Waals surface area contributed by atoms with Gasteiger partial charge in [0.15, 0.2) is 16.4 Å². The van der Waals surface area contributed by atoms with Crippen LogP contribution in [0.5, 0.6) is 5.75 Å². The van der Waals surface area contributed by atoms with Gasteiger partial charge in [0.2, 0.25) is 15.9 Å². The molecule has 0 bridgehead atoms. The Morgan fingerprint density at radius 3 is 2.23 bits per heavy atom. The number of likely N-dealkylation sites (N-methyl/N-ethyl adjacent to an activating group) is 1. The first-order valence-electron chi connectivity index (χ1n) is 13.6. The Balaban J connectivity index is 1.71. The first kappa shape index (κ1) is 32.4. The third kappa shape index (κ3) is 6.56. The molecule has 0 saturated heterocycles. The van der Waals surface area contributed by atoms with Crippen molar-refractivity contribution in [1.29, 1.82) is 0 Å². The van der Waals surface area contributed by atoms with Gasteiger partial charge in [-0.15, -0.1) is 0 Å². The molecule has 1 aliphatic heterocycles. The number of aryl methyl sites for hydroxylation is 4. The first-order valence-corrected chi connectivity index (χ1v) is 16.5. The van der Waals surface area contributed by atoms with Gasteiger partial charge >= 0.3 is 0 Å². The smallest absolute Gasteiger partial charge is 0.267 e. The van der Waals surface area contributed by atoms with Crippen LogP contribution < -0.4 is 9.46 Å². The van der Waals surface area contributed by atoms with Crippen LogP contribution in [0.15, 0.2) is 37.0 Å². The van der Waals surface area contributed by atoms with Crippen LogP contribution in [0.1, 0.15) is 42.3 Å². The van der Waals surface area contributed by atoms with Crippen LogP contribution in [0.2, 0.25) is 0 Å². The second kappa shape index (κ2) is 12.3. The molecule has 2 N–H and O–H groups in total. The number of hydrogen-bond acceptors (Lipinski definition) is 11. The Kier molecular flexibility index (Phi) is 9.25. The number of benzene rings is 1. The summed E-state index contributed by atoms with van der Waals surface area (Å²) >= 11 is 0. The highest BCUT2D eigenvalue weighted by Gasteiger charge is 2.35. The quantitative estimate of drug-likeness (QED) is 0.350. The van der Waals surface area contributed by atoms with Crippen molar-refractivity contribution in [2.45, 2.75) is 69.9 Å². The van der Waals surface area contributed by atoms with E-state index in [4.69, 9.17) is 13.8 Å². The molecule has 14 nitrogen and oxygen atoms in total. The van der Waals surface area contributed by atoms with E-state index < -0.39 is 32.2 Å². The van der Waals surface area contributed by atoms with Gasteiger partial charge in [-0.2, -0.15) is 4.31 Å². The molecule has 1 amide bonds. The molecule has 2 aromatic heterocycles. The maximum Gasteiger partial charge on any atom is 0.267 e. The molecular weight excluding hydrogens is 602 g/mol. The second-order valence-corrected chi connectivity index (χ2v) is 14.5. The van der Waals surface area contributed by atoms with Gasteiger partial charge in [0.05, 0.1) is 25.6 Å². The van der Waals surface area contributed by atoms with Crippen LogP contribution in [0, 0.1) is 33.6 Å². The van der Waals surface area contributed by atoms with Crippen molar-refractivity contribution < 1.29 is 40.5 Å². The van der Waals surface area contributed by atoms with Gasteiger partial charge in [-0.1, -0.05) is 17.2 Å². The Morgan fingerprint density at radius 1 is 1.07 bits per heavy atom. The Hall–Kier alpha value is -3.47. The standard InChI is InChI=1S/C27H37N5O9S2/c1-15-12-32(16(2)14-33)25(34)11-21-10-22(30-42(35,36)26-17(3)28-40-19(26)5)8-9-23(21)39-24(15)13-31(7)43(37,38)27-18(4)29-41-20(27)6/h8-10,15-16,24,30,33H,11-14H2,1-7H3/t15-,16-,24+/m0/s1. The predicted molar refractivity (Wildman–Crippen MR) is 155 cm³/mol. The number of hydrogen-bond donors (Lipinski definition) is 2. The average molecular weight is 640 g/mol. The molecule has 1 aromatic carbocycles. The molecule has 43 heavy (non-hydrogen) atoms. The summed E-state index contributed by atoms with van der Waals surface area (Å²) in [5, 5.41) is 17.4. The summed E-state index contributed by atoms with van der Waals surface area (Å²) in [6, 6.07) is 4.02. The number of ether oxygens (including phenoxy) is 1. The fourth-order valence-corrected chi connectivity index (χ4v) is 7.97. The number of carbonyl (C=O) groups excluding carboxylic acids is 1. The lowest BCUT2D eigenvalue weighted by molar-refractivity contribution is -0.134. The largest absolute Gasteiger partial charge is 0.488 e. The van der Waals surface area contributed by atoms with Gasteiger partial charge < -0.3 is 23.8 Å². The van der Waals surface area contributed by atoms with E-state index in [-0.39, 0.29) is 76.3 Å². The molecule has 1 aliphatic rings. The Labute approximate surface area is 251 Å². The van der Waals surface area contributed by atoms with Crippen LogP contribution in [0.4, 0.5) is 5.69 Å². The maximum atomic E-state index is 13.5. The number of sulfonamides is 2. The highest BCUT2D eigenvalue weighted by molar-refractivity contribution is 7.92. The summed E-state index contributed by atoms with van der Waals surface area (Å²) in [7, 11) is -6.64. The first-order chi connectivity index (χ1) is 20.1. The maximum absolute atomic E-state index is 13.5. The number of rotatable bonds is 9. The number of fused-ring (bicyclic) bond motifs is 1. The molecule has 236 valence electrons. The zero-order chi connectivity index (χ0) is 31.9. The summed E-state index contributed by atoms with van der Waals surface area (Å²) < 4.78 is 73.4. The monoisotopic (exact) mass is 639 g/mol. The second-order valence-electron chi connectivity index (χ2n) is 10.9. The van der Waals surface area contributed by atoms with E-state index in [0.717, 1.165) is 4.31 Å². The van der Waals surface area contributed by atoms with Crippen molar-refractivity contribution in [3.05, 3.63) is 46.7 Å². The third-order valence-electron chi connectivity index (χ3n) is 7.48. The number of amides is 1. The highest BCUT2D eigenvalue weighted by Crippen LogP contribution is 2.32. The fourth-order valence-electron chi connectivity index (χ4n) is 5.13. The van der Waals surface area contributed by atoms with Crippen LogP contribution in [-0.4, -0.2) is 86.3 Å². The summed E-state index contributed by atoms with van der Waals surface area (Å²) in [6.45, 7) is 9.44. The van der Waals surface area contributed by atoms with E-state index >= 15 is 0 Å². The number of aliphatic hydroxyl groups excluding tert-OH is 1. The van der Waals surface area contributed by atoms with Gasteiger partial charge in [-0.05, 0) is 52.8 Å². The topological polar surface area (TPSA) is 185 Å². The van der Waals surface area contributed by atoms with E-state index in [1.807, 2.05) is 6.92 Å². The molecule has 3 atom stereocenters. The van der Waals surface area contributed by atoms with Crippen LogP contribution in [0.3, 0.4) is 0 Å². The molecule has 0 spiro atoms. The molecule has 3 heterocycles. The van der Waals surface area contributed by atoms with Gasteiger partial charge in [0.1, 0.15) is 28.1 Å². The molecular formula is C27H37N5O9S2. The van der Waals surface area contributed by atoms with E-state index in [2.05, 4.69) is 15.0 Å². The van der Waals surface area contributed by atoms with Crippen molar-refractivity contribution in [1.82, 2.24) is 19.5 Å². The minimum atomic E-state index is -4.07. The molecule has 0 unspecified atom stereocenters. The SMILES string of the molecule is Cc1noc(C)c1S(=O)(=O)Nc1ccc2c(c1)CC(=O)N([C@@H](C)CO)C[C@H](C)[C@@H](CN(C)S(=O)(=O)c1c(C)noc1C)O2. The third-order valence-corrected chi connectivity index (χ3v) is 11.2. The van der Waals surface area contributed by atoms with Crippen LogP contribution in [0.25, 0.3) is 0 Å². The van der Waals surface area contributed by atoms with Crippen molar-refractivity contribution in [3.63, 3.8) is 0 Å². The van der Waals surface area contributed by atoms with Crippen LogP contribution in [-0.2, 0) is 31.3 Å². The van der Waals surface area contributed by atoms with Crippen molar-refractivity contribution >= 4 is 31.6 Å². The molecule has 0 radical (unpaired) electrons. The molecule has 4 rings (SSSR count). The van der Waals surface area contributed by atoms with Crippen molar-refractivity contribution in [2.75, 3.05) is 31.5 Å². The summed E-state index contributed by atoms with van der Waals surface area (Å²) in [5.41, 5.74) is 0.999. The van der Waals surface area contributed by atoms with E-state index in [9.17, 15) is 26.7 Å². The number of anilines is 1. The molecule has 16 heteroatoms. The Morgan fingerprint density at radius 2 is 1.67 bits per heavy atom. The lowest BCUT2D eigenvalue weighted by Crippen LogP contribution is -2.48.